The zero-order chi connectivity index (χ0) is 13.6. The van der Waals surface area contributed by atoms with Gasteiger partial charge in [0.05, 0.1) is 18.2 Å². The summed E-state index contributed by atoms with van der Waals surface area (Å²) in [5.41, 5.74) is 1.52. The Morgan fingerprint density at radius 2 is 2.21 bits per heavy atom. The molecular weight excluding hydrogens is 308 g/mol. The van der Waals surface area contributed by atoms with E-state index in [1.54, 1.807) is 6.20 Å². The van der Waals surface area contributed by atoms with E-state index in [9.17, 15) is 4.79 Å². The van der Waals surface area contributed by atoms with Crippen molar-refractivity contribution in [2.45, 2.75) is 38.6 Å². The van der Waals surface area contributed by atoms with Gasteiger partial charge in [-0.2, -0.15) is 0 Å². The van der Waals surface area contributed by atoms with Crippen LogP contribution in [0.1, 0.15) is 44.3 Å². The minimum atomic E-state index is -0.141. The van der Waals surface area contributed by atoms with Crippen LogP contribution in [0, 0.1) is 0 Å². The molecule has 5 nitrogen and oxygen atoms in total. The highest BCUT2D eigenvalue weighted by molar-refractivity contribution is 9.10. The van der Waals surface area contributed by atoms with Crippen molar-refractivity contribution in [3.8, 4) is 11.5 Å². The highest BCUT2D eigenvalue weighted by Crippen LogP contribution is 2.37. The molecular formula is C13H15BrN4O. The van der Waals surface area contributed by atoms with Crippen LogP contribution in [-0.2, 0) is 0 Å². The Hall–Kier alpha value is -1.43. The van der Waals surface area contributed by atoms with E-state index in [1.807, 2.05) is 20.2 Å². The van der Waals surface area contributed by atoms with Crippen LogP contribution in [0.5, 0.6) is 0 Å². The van der Waals surface area contributed by atoms with E-state index in [1.165, 1.54) is 12.8 Å². The van der Waals surface area contributed by atoms with Crippen molar-refractivity contribution in [2.75, 3.05) is 0 Å². The van der Waals surface area contributed by atoms with Gasteiger partial charge in [0.25, 0.3) is 5.56 Å². The molecule has 1 aliphatic carbocycles. The van der Waals surface area contributed by atoms with Gasteiger partial charge in [0.15, 0.2) is 5.82 Å². The van der Waals surface area contributed by atoms with Gasteiger partial charge in [0, 0.05) is 6.04 Å². The minimum absolute atomic E-state index is 0.141. The number of hydrogen-bond donors (Lipinski definition) is 1. The van der Waals surface area contributed by atoms with Crippen molar-refractivity contribution in [2.24, 2.45) is 0 Å². The van der Waals surface area contributed by atoms with Crippen LogP contribution in [0.15, 0.2) is 21.8 Å². The van der Waals surface area contributed by atoms with Crippen LogP contribution in [-0.4, -0.2) is 19.5 Å². The van der Waals surface area contributed by atoms with Gasteiger partial charge in [-0.1, -0.05) is 13.8 Å². The first-order chi connectivity index (χ1) is 9.08. The number of H-pyrrole nitrogens is 1. The van der Waals surface area contributed by atoms with Crippen LogP contribution in [0.4, 0.5) is 0 Å². The van der Waals surface area contributed by atoms with Gasteiger partial charge in [-0.15, -0.1) is 0 Å². The fourth-order valence-corrected chi connectivity index (χ4v) is 2.76. The third kappa shape index (κ3) is 2.25. The molecule has 0 radical (unpaired) electrons. The average molecular weight is 323 g/mol. The summed E-state index contributed by atoms with van der Waals surface area (Å²) in [6.45, 7) is 4.04. The Morgan fingerprint density at radius 3 is 2.84 bits per heavy atom. The second-order valence-electron chi connectivity index (χ2n) is 5.19. The van der Waals surface area contributed by atoms with Gasteiger partial charge in [0.2, 0.25) is 0 Å². The number of imidazole rings is 1. The molecule has 2 aromatic rings. The fraction of sp³-hybridized carbons (Fsp3) is 0.462. The molecule has 1 N–H and O–H groups in total. The number of halogens is 1. The molecule has 0 unspecified atom stereocenters. The van der Waals surface area contributed by atoms with E-state index in [-0.39, 0.29) is 11.5 Å². The highest BCUT2D eigenvalue weighted by atomic mass is 79.9. The maximum absolute atomic E-state index is 12.0. The van der Waals surface area contributed by atoms with Crippen molar-refractivity contribution in [1.29, 1.82) is 0 Å². The second-order valence-corrected chi connectivity index (χ2v) is 5.98. The molecule has 0 amide bonds. The molecule has 0 aromatic carbocycles. The molecule has 100 valence electrons. The Labute approximate surface area is 119 Å². The van der Waals surface area contributed by atoms with Crippen molar-refractivity contribution >= 4 is 15.9 Å². The molecule has 1 saturated carbocycles. The Kier molecular flexibility index (Phi) is 3.05. The van der Waals surface area contributed by atoms with Gasteiger partial charge in [-0.25, -0.2) is 9.97 Å². The quantitative estimate of drug-likeness (QED) is 0.945. The second kappa shape index (κ2) is 4.59. The Morgan fingerprint density at radius 1 is 1.47 bits per heavy atom. The lowest BCUT2D eigenvalue weighted by Gasteiger charge is -2.10. The molecule has 0 aliphatic heterocycles. The molecule has 2 heterocycles. The number of rotatable bonds is 3. The SMILES string of the molecule is CC(C)c1nc(-c2cncn2C2CC2)[nH]c(=O)c1Br. The fourth-order valence-electron chi connectivity index (χ4n) is 2.11. The van der Waals surface area contributed by atoms with Crippen molar-refractivity contribution < 1.29 is 0 Å². The Bertz CT molecular complexity index is 670. The topological polar surface area (TPSA) is 63.6 Å². The monoisotopic (exact) mass is 322 g/mol. The van der Waals surface area contributed by atoms with E-state index < -0.39 is 0 Å². The molecule has 1 aliphatic rings. The lowest BCUT2D eigenvalue weighted by molar-refractivity contribution is 0.737. The van der Waals surface area contributed by atoms with Gasteiger partial charge in [0.1, 0.15) is 10.2 Å². The first kappa shape index (κ1) is 12.6. The summed E-state index contributed by atoms with van der Waals surface area (Å²) in [6, 6.07) is 0.508. The van der Waals surface area contributed by atoms with Crippen LogP contribution in [0.3, 0.4) is 0 Å². The van der Waals surface area contributed by atoms with Crippen molar-refractivity contribution in [1.82, 2.24) is 19.5 Å². The third-order valence-corrected chi connectivity index (χ3v) is 4.05. The molecule has 1 fully saturated rings. The van der Waals surface area contributed by atoms with E-state index in [0.29, 0.717) is 16.3 Å². The van der Waals surface area contributed by atoms with Crippen LogP contribution in [0.2, 0.25) is 0 Å². The summed E-state index contributed by atoms with van der Waals surface area (Å²) in [7, 11) is 0. The van der Waals surface area contributed by atoms with E-state index in [4.69, 9.17) is 0 Å². The van der Waals surface area contributed by atoms with E-state index in [0.717, 1.165) is 11.4 Å². The van der Waals surface area contributed by atoms with E-state index in [2.05, 4.69) is 35.4 Å². The molecule has 2 aromatic heterocycles. The normalized spacial score (nSPS) is 15.2. The predicted molar refractivity (Wildman–Crippen MR) is 76.1 cm³/mol. The molecule has 0 spiro atoms. The first-order valence-corrected chi connectivity index (χ1v) is 7.19. The maximum Gasteiger partial charge on any atom is 0.265 e. The summed E-state index contributed by atoms with van der Waals surface area (Å²) in [5, 5.41) is 0. The number of aromatic amines is 1. The number of aromatic nitrogens is 4. The largest absolute Gasteiger partial charge is 0.325 e. The highest BCUT2D eigenvalue weighted by Gasteiger charge is 2.26. The third-order valence-electron chi connectivity index (χ3n) is 3.28. The van der Waals surface area contributed by atoms with Crippen molar-refractivity contribution in [3.05, 3.63) is 33.0 Å². The lowest BCUT2D eigenvalue weighted by Crippen LogP contribution is -2.15. The van der Waals surface area contributed by atoms with E-state index >= 15 is 0 Å². The molecule has 0 atom stereocenters. The molecule has 0 bridgehead atoms. The average Bonchev–Trinajstić information content (AvgIpc) is 3.10. The van der Waals surface area contributed by atoms with Crippen LogP contribution in [0.25, 0.3) is 11.5 Å². The summed E-state index contributed by atoms with van der Waals surface area (Å²) in [6.07, 6.45) is 5.90. The molecule has 19 heavy (non-hydrogen) atoms. The first-order valence-electron chi connectivity index (χ1n) is 6.40. The minimum Gasteiger partial charge on any atom is -0.325 e. The number of nitrogens with zero attached hydrogens (tertiary/aromatic N) is 3. The van der Waals surface area contributed by atoms with Gasteiger partial charge in [-0.3, -0.25) is 4.79 Å². The summed E-state index contributed by atoms with van der Waals surface area (Å²) < 4.78 is 2.61. The standard InChI is InChI=1S/C13H15BrN4O/c1-7(2)11-10(14)13(19)17-12(16-11)9-5-15-6-18(9)8-3-4-8/h5-8H,3-4H2,1-2H3,(H,16,17,19). The molecule has 6 heteroatoms. The summed E-state index contributed by atoms with van der Waals surface area (Å²) in [5.74, 6) is 0.786. The van der Waals surface area contributed by atoms with Gasteiger partial charge < -0.3 is 9.55 Å². The van der Waals surface area contributed by atoms with Crippen molar-refractivity contribution in [3.63, 3.8) is 0 Å². The maximum atomic E-state index is 12.0. The van der Waals surface area contributed by atoms with Gasteiger partial charge in [-0.05, 0) is 34.7 Å². The summed E-state index contributed by atoms with van der Waals surface area (Å²) in [4.78, 5) is 23.6. The number of nitrogens with one attached hydrogen (secondary N) is 1. The zero-order valence-corrected chi connectivity index (χ0v) is 12.4. The number of hydrogen-bond acceptors (Lipinski definition) is 3. The predicted octanol–water partition coefficient (Wildman–Crippen LogP) is 2.85. The van der Waals surface area contributed by atoms with Crippen LogP contribution < -0.4 is 5.56 Å². The Balaban J connectivity index is 2.14. The summed E-state index contributed by atoms with van der Waals surface area (Å²) >= 11 is 3.31. The molecule has 3 rings (SSSR count). The molecule has 0 saturated heterocycles. The van der Waals surface area contributed by atoms with Gasteiger partial charge >= 0.3 is 0 Å². The van der Waals surface area contributed by atoms with Crippen LogP contribution >= 0.6 is 15.9 Å². The zero-order valence-electron chi connectivity index (χ0n) is 10.9. The smallest absolute Gasteiger partial charge is 0.265 e. The lowest BCUT2D eigenvalue weighted by atomic mass is 10.1.